The van der Waals surface area contributed by atoms with Crippen molar-refractivity contribution in [2.45, 2.75) is 32.0 Å². The number of nitrogens with zero attached hydrogens (tertiary/aromatic N) is 1. The highest BCUT2D eigenvalue weighted by Gasteiger charge is 2.33. The number of hydrogen-bond donors (Lipinski definition) is 1. The minimum atomic E-state index is -0.599. The van der Waals surface area contributed by atoms with E-state index in [4.69, 9.17) is 4.74 Å². The van der Waals surface area contributed by atoms with Crippen molar-refractivity contribution in [3.63, 3.8) is 0 Å². The van der Waals surface area contributed by atoms with E-state index >= 15 is 0 Å². The van der Waals surface area contributed by atoms with Crippen LogP contribution in [0, 0.1) is 11.3 Å². The van der Waals surface area contributed by atoms with E-state index in [-0.39, 0.29) is 0 Å². The topological polar surface area (TPSA) is 53.2 Å². The van der Waals surface area contributed by atoms with Gasteiger partial charge in [-0.15, -0.1) is 0 Å². The first kappa shape index (κ1) is 11.1. The van der Waals surface area contributed by atoms with Crippen molar-refractivity contribution >= 4 is 0 Å². The Morgan fingerprint density at radius 1 is 1.56 bits per heavy atom. The molecule has 1 aliphatic rings. The van der Waals surface area contributed by atoms with Crippen molar-refractivity contribution in [2.24, 2.45) is 0 Å². The maximum Gasteiger partial charge on any atom is 0.103 e. The highest BCUT2D eigenvalue weighted by atomic mass is 16.5. The van der Waals surface area contributed by atoms with Crippen LogP contribution >= 0.6 is 0 Å². The monoisotopic (exact) mass is 217 g/mol. The third-order valence-electron chi connectivity index (χ3n) is 3.11. The highest BCUT2D eigenvalue weighted by Crippen LogP contribution is 2.33. The normalized spacial score (nSPS) is 25.6. The zero-order valence-corrected chi connectivity index (χ0v) is 9.53. The van der Waals surface area contributed by atoms with Crippen molar-refractivity contribution in [1.29, 1.82) is 5.26 Å². The van der Waals surface area contributed by atoms with Crippen LogP contribution in [0.15, 0.2) is 18.2 Å². The summed E-state index contributed by atoms with van der Waals surface area (Å²) < 4.78 is 5.42. The summed E-state index contributed by atoms with van der Waals surface area (Å²) >= 11 is 0. The second-order valence-electron chi connectivity index (χ2n) is 4.53. The summed E-state index contributed by atoms with van der Waals surface area (Å²) in [5.41, 5.74) is 2.28. The van der Waals surface area contributed by atoms with Crippen molar-refractivity contribution < 1.29 is 9.84 Å². The van der Waals surface area contributed by atoms with Gasteiger partial charge in [0.2, 0.25) is 0 Å². The van der Waals surface area contributed by atoms with Crippen LogP contribution in [0.2, 0.25) is 0 Å². The molecule has 0 aromatic heterocycles. The van der Waals surface area contributed by atoms with Crippen molar-refractivity contribution in [3.05, 3.63) is 34.9 Å². The van der Waals surface area contributed by atoms with Crippen LogP contribution in [-0.4, -0.2) is 11.7 Å². The lowest BCUT2D eigenvalue weighted by Crippen LogP contribution is -2.32. The third kappa shape index (κ3) is 1.71. The minimum absolute atomic E-state index is 0.416. The Balaban J connectivity index is 2.54. The van der Waals surface area contributed by atoms with Crippen LogP contribution in [0.4, 0.5) is 0 Å². The van der Waals surface area contributed by atoms with Crippen LogP contribution in [0.3, 0.4) is 0 Å². The van der Waals surface area contributed by atoms with Gasteiger partial charge in [-0.25, -0.2) is 0 Å². The Bertz CT molecular complexity index is 448. The van der Waals surface area contributed by atoms with Gasteiger partial charge >= 0.3 is 0 Å². The second kappa shape index (κ2) is 3.89. The van der Waals surface area contributed by atoms with Crippen LogP contribution in [0.25, 0.3) is 0 Å². The number of benzene rings is 1. The molecule has 2 atom stereocenters. The molecule has 0 amide bonds. The van der Waals surface area contributed by atoms with Gasteiger partial charge in [0, 0.05) is 0 Å². The van der Waals surface area contributed by atoms with Crippen molar-refractivity contribution in [3.8, 4) is 6.07 Å². The molecule has 2 rings (SSSR count). The first-order valence-electron chi connectivity index (χ1n) is 5.37. The Labute approximate surface area is 95.3 Å². The first-order chi connectivity index (χ1) is 7.57. The molecular formula is C13H15NO2. The Morgan fingerprint density at radius 2 is 2.31 bits per heavy atom. The molecule has 0 saturated carbocycles. The molecule has 0 spiro atoms. The average Bonchev–Trinajstić information content (AvgIpc) is 2.29. The van der Waals surface area contributed by atoms with E-state index in [0.717, 1.165) is 16.7 Å². The lowest BCUT2D eigenvalue weighted by molar-refractivity contribution is 0.0757. The Morgan fingerprint density at radius 3 is 2.94 bits per heavy atom. The van der Waals surface area contributed by atoms with Crippen LogP contribution in [0.1, 0.15) is 36.6 Å². The summed E-state index contributed by atoms with van der Waals surface area (Å²) in [6, 6.07) is 8.04. The van der Waals surface area contributed by atoms with E-state index in [1.54, 1.807) is 6.92 Å². The van der Waals surface area contributed by atoms with Gasteiger partial charge in [0.15, 0.2) is 0 Å². The highest BCUT2D eigenvalue weighted by molar-refractivity contribution is 5.43. The number of fused-ring (bicyclic) bond motifs is 1. The molecule has 1 unspecified atom stereocenters. The number of hydrogen-bond acceptors (Lipinski definition) is 3. The molecule has 84 valence electrons. The van der Waals surface area contributed by atoms with Gasteiger partial charge in [-0.1, -0.05) is 18.2 Å². The zero-order valence-electron chi connectivity index (χ0n) is 9.53. The molecule has 0 aliphatic carbocycles. The molecule has 3 heteroatoms. The van der Waals surface area contributed by atoms with Gasteiger partial charge in [0.25, 0.3) is 0 Å². The molecule has 1 aliphatic heterocycles. The van der Waals surface area contributed by atoms with Gasteiger partial charge in [0.05, 0.1) is 25.4 Å². The number of rotatable bonds is 1. The van der Waals surface area contributed by atoms with Gasteiger partial charge in [0.1, 0.15) is 5.41 Å². The number of ether oxygens (including phenoxy) is 1. The lowest BCUT2D eigenvalue weighted by atomic mass is 9.79. The number of aliphatic hydroxyl groups excluding tert-OH is 1. The van der Waals surface area contributed by atoms with E-state index in [1.807, 2.05) is 25.1 Å². The fourth-order valence-electron chi connectivity index (χ4n) is 2.03. The Hall–Kier alpha value is -1.37. The van der Waals surface area contributed by atoms with Gasteiger partial charge in [-0.2, -0.15) is 5.26 Å². The van der Waals surface area contributed by atoms with E-state index in [0.29, 0.717) is 13.2 Å². The second-order valence-corrected chi connectivity index (χ2v) is 4.53. The van der Waals surface area contributed by atoms with E-state index in [2.05, 4.69) is 6.07 Å². The zero-order chi connectivity index (χ0) is 11.8. The maximum atomic E-state index is 9.55. The average molecular weight is 217 g/mol. The molecule has 0 fully saturated rings. The van der Waals surface area contributed by atoms with Crippen molar-refractivity contribution in [2.75, 3.05) is 6.61 Å². The minimum Gasteiger partial charge on any atom is -0.389 e. The molecule has 1 N–H and O–H groups in total. The molecule has 0 saturated heterocycles. The maximum absolute atomic E-state index is 9.55. The van der Waals surface area contributed by atoms with E-state index in [1.165, 1.54) is 0 Å². The predicted molar refractivity (Wildman–Crippen MR) is 59.7 cm³/mol. The molecule has 1 heterocycles. The van der Waals surface area contributed by atoms with Crippen LogP contribution < -0.4 is 0 Å². The number of nitriles is 1. The molecular weight excluding hydrogens is 202 g/mol. The summed E-state index contributed by atoms with van der Waals surface area (Å²) in [5, 5.41) is 18.8. The molecule has 0 radical (unpaired) electrons. The van der Waals surface area contributed by atoms with E-state index in [9.17, 15) is 10.4 Å². The smallest absolute Gasteiger partial charge is 0.103 e. The molecule has 1 aromatic rings. The fraction of sp³-hybridized carbons (Fsp3) is 0.462. The van der Waals surface area contributed by atoms with Crippen LogP contribution in [-0.2, 0) is 16.8 Å². The first-order valence-corrected chi connectivity index (χ1v) is 5.37. The SMILES string of the molecule is CC(O)c1ccc2c(c1)[C@](C)(C#N)COC2. The molecule has 3 nitrogen and oxygen atoms in total. The summed E-state index contributed by atoms with van der Waals surface area (Å²) in [7, 11) is 0. The predicted octanol–water partition coefficient (Wildman–Crippen LogP) is 2.05. The third-order valence-corrected chi connectivity index (χ3v) is 3.11. The van der Waals surface area contributed by atoms with Crippen molar-refractivity contribution in [1.82, 2.24) is 0 Å². The lowest BCUT2D eigenvalue weighted by Gasteiger charge is -2.30. The van der Waals surface area contributed by atoms with E-state index < -0.39 is 11.5 Å². The molecule has 0 bridgehead atoms. The summed E-state index contributed by atoms with van der Waals surface area (Å²) in [6.07, 6.45) is -0.504. The molecule has 16 heavy (non-hydrogen) atoms. The largest absolute Gasteiger partial charge is 0.389 e. The standard InChI is InChI=1S/C13H15NO2/c1-9(15)10-3-4-11-6-16-8-13(2,7-14)12(11)5-10/h3-5,9,15H,6,8H2,1-2H3/t9?,13-/m1/s1. The van der Waals surface area contributed by atoms with Gasteiger partial charge in [-0.05, 0) is 30.5 Å². The summed E-state index contributed by atoms with van der Waals surface area (Å²) in [4.78, 5) is 0. The summed E-state index contributed by atoms with van der Waals surface area (Å²) in [6.45, 7) is 4.56. The Kier molecular flexibility index (Phi) is 2.71. The number of aliphatic hydroxyl groups is 1. The quantitative estimate of drug-likeness (QED) is 0.783. The molecule has 1 aromatic carbocycles. The van der Waals surface area contributed by atoms with Crippen LogP contribution in [0.5, 0.6) is 0 Å². The fourth-order valence-corrected chi connectivity index (χ4v) is 2.03. The van der Waals surface area contributed by atoms with Gasteiger partial charge < -0.3 is 9.84 Å². The summed E-state index contributed by atoms with van der Waals surface area (Å²) in [5.74, 6) is 0. The van der Waals surface area contributed by atoms with Gasteiger partial charge in [-0.3, -0.25) is 0 Å².